The molecule has 1 saturated heterocycles. The number of aromatic nitrogens is 3. The van der Waals surface area contributed by atoms with Crippen LogP contribution in [0.25, 0.3) is 16.8 Å². The molecule has 0 unspecified atom stereocenters. The summed E-state index contributed by atoms with van der Waals surface area (Å²) >= 11 is 5.96. The zero-order valence-electron chi connectivity index (χ0n) is 20.6. The Hall–Kier alpha value is -4.26. The molecule has 40 heavy (non-hydrogen) atoms. The van der Waals surface area contributed by atoms with Gasteiger partial charge >= 0.3 is 6.18 Å². The molecule has 0 spiro atoms. The number of hydrogen-bond donors (Lipinski definition) is 2. The summed E-state index contributed by atoms with van der Waals surface area (Å²) in [6, 6.07) is 7.86. The molecule has 8 nitrogen and oxygen atoms in total. The van der Waals surface area contributed by atoms with Gasteiger partial charge in [-0.15, -0.1) is 0 Å². The van der Waals surface area contributed by atoms with Gasteiger partial charge < -0.3 is 16.0 Å². The molecule has 2 amide bonds. The van der Waals surface area contributed by atoms with E-state index in [1.165, 1.54) is 30.3 Å². The standard InChI is InChI=1S/C26H20ClF5N6O2/c1-12-5-6-13(20-8-15(26(30,31)32)22-23(33)34-11-35-38(20)22)7-14(12)24(39)36-19-10-37(9-18(19)29)25(40)21-16(27)3-2-4-17(21)28/h2-8,11,18-19H,9-10H2,1H3,(H,36,39)(H2,33,34,35)/t18-,19+/m0/s1. The van der Waals surface area contributed by atoms with E-state index in [0.717, 1.165) is 27.9 Å². The SMILES string of the molecule is Cc1ccc(-c2cc(C(F)(F)F)c3c(N)ncnn23)cc1C(=O)N[C@@H]1CN(C(=O)c2c(F)cccc2Cl)C[C@@H]1F. The number of rotatable bonds is 4. The van der Waals surface area contributed by atoms with Crippen molar-refractivity contribution in [2.75, 3.05) is 18.8 Å². The van der Waals surface area contributed by atoms with Gasteiger partial charge in [-0.1, -0.05) is 29.8 Å². The first-order valence-corrected chi connectivity index (χ1v) is 12.2. The van der Waals surface area contributed by atoms with E-state index < -0.39 is 59.2 Å². The van der Waals surface area contributed by atoms with Gasteiger partial charge in [-0.05, 0) is 36.8 Å². The third-order valence-corrected chi connectivity index (χ3v) is 7.01. The number of nitrogens with zero attached hydrogens (tertiary/aromatic N) is 4. The van der Waals surface area contributed by atoms with E-state index in [1.54, 1.807) is 6.92 Å². The van der Waals surface area contributed by atoms with E-state index in [4.69, 9.17) is 17.3 Å². The van der Waals surface area contributed by atoms with E-state index >= 15 is 0 Å². The molecule has 0 aliphatic carbocycles. The number of alkyl halides is 4. The molecule has 1 aliphatic heterocycles. The molecule has 0 bridgehead atoms. The summed E-state index contributed by atoms with van der Waals surface area (Å²) in [5, 5.41) is 6.32. The van der Waals surface area contributed by atoms with Gasteiger partial charge in [0, 0.05) is 17.7 Å². The first-order valence-electron chi connectivity index (χ1n) is 11.9. The fourth-order valence-electron chi connectivity index (χ4n) is 4.69. The van der Waals surface area contributed by atoms with Crippen LogP contribution < -0.4 is 11.1 Å². The second-order valence-corrected chi connectivity index (χ2v) is 9.69. The van der Waals surface area contributed by atoms with Gasteiger partial charge in [0.15, 0.2) is 5.82 Å². The molecule has 2 aromatic heterocycles. The van der Waals surface area contributed by atoms with Gasteiger partial charge in [0.1, 0.15) is 23.8 Å². The average Bonchev–Trinajstić information content (AvgIpc) is 3.46. The Balaban J connectivity index is 1.42. The third-order valence-electron chi connectivity index (χ3n) is 6.69. The van der Waals surface area contributed by atoms with E-state index in [-0.39, 0.29) is 34.2 Å². The third kappa shape index (κ3) is 4.81. The summed E-state index contributed by atoms with van der Waals surface area (Å²) in [7, 11) is 0. The number of nitrogens with two attached hydrogens (primary N) is 1. The Morgan fingerprint density at radius 1 is 1.15 bits per heavy atom. The molecule has 0 saturated carbocycles. The predicted octanol–water partition coefficient (Wildman–Crippen LogP) is 4.69. The Bertz CT molecular complexity index is 1640. The fourth-order valence-corrected chi connectivity index (χ4v) is 4.93. The molecule has 14 heteroatoms. The maximum Gasteiger partial charge on any atom is 0.418 e. The lowest BCUT2D eigenvalue weighted by Gasteiger charge is -2.18. The van der Waals surface area contributed by atoms with Crippen LogP contribution in [-0.4, -0.2) is 56.6 Å². The Labute approximate surface area is 228 Å². The zero-order valence-corrected chi connectivity index (χ0v) is 21.4. The summed E-state index contributed by atoms with van der Waals surface area (Å²) in [5.74, 6) is -2.75. The quantitative estimate of drug-likeness (QED) is 0.342. The molecule has 5 rings (SSSR count). The Morgan fingerprint density at radius 3 is 2.60 bits per heavy atom. The number of anilines is 1. The highest BCUT2D eigenvalue weighted by Gasteiger charge is 2.39. The predicted molar refractivity (Wildman–Crippen MR) is 136 cm³/mol. The number of amides is 2. The van der Waals surface area contributed by atoms with Crippen LogP contribution in [-0.2, 0) is 6.18 Å². The number of carbonyl (C=O) groups is 2. The lowest BCUT2D eigenvalue weighted by atomic mass is 10.0. The van der Waals surface area contributed by atoms with Crippen molar-refractivity contribution in [2.24, 2.45) is 0 Å². The van der Waals surface area contributed by atoms with Crippen molar-refractivity contribution in [1.82, 2.24) is 24.8 Å². The monoisotopic (exact) mass is 578 g/mol. The van der Waals surface area contributed by atoms with Crippen LogP contribution in [0.5, 0.6) is 0 Å². The molecule has 3 N–H and O–H groups in total. The van der Waals surface area contributed by atoms with E-state index in [0.29, 0.717) is 5.56 Å². The number of benzene rings is 2. The highest BCUT2D eigenvalue weighted by molar-refractivity contribution is 6.33. The second kappa shape index (κ2) is 10.0. The van der Waals surface area contributed by atoms with Crippen molar-refractivity contribution in [3.05, 3.63) is 81.9 Å². The molecule has 2 aromatic carbocycles. The molecule has 0 radical (unpaired) electrons. The van der Waals surface area contributed by atoms with Gasteiger partial charge in [0.25, 0.3) is 11.8 Å². The fraction of sp³-hybridized carbons (Fsp3) is 0.231. The number of nitrogens with one attached hydrogen (secondary N) is 1. The summed E-state index contributed by atoms with van der Waals surface area (Å²) in [6.07, 6.45) is -5.40. The van der Waals surface area contributed by atoms with Crippen molar-refractivity contribution in [1.29, 1.82) is 0 Å². The molecule has 2 atom stereocenters. The largest absolute Gasteiger partial charge is 0.418 e. The molecule has 3 heterocycles. The second-order valence-electron chi connectivity index (χ2n) is 9.28. The maximum absolute atomic E-state index is 14.9. The van der Waals surface area contributed by atoms with Crippen molar-refractivity contribution >= 4 is 34.7 Å². The number of aryl methyl sites for hydroxylation is 1. The summed E-state index contributed by atoms with van der Waals surface area (Å²) < 4.78 is 71.3. The maximum atomic E-state index is 14.9. The topological polar surface area (TPSA) is 106 Å². The van der Waals surface area contributed by atoms with Gasteiger partial charge in [-0.25, -0.2) is 18.3 Å². The molecule has 208 valence electrons. The number of likely N-dealkylation sites (tertiary alicyclic amines) is 1. The number of fused-ring (bicyclic) bond motifs is 1. The van der Waals surface area contributed by atoms with Crippen LogP contribution in [0.3, 0.4) is 0 Å². The van der Waals surface area contributed by atoms with Crippen LogP contribution in [0.2, 0.25) is 5.02 Å². The zero-order chi connectivity index (χ0) is 28.9. The lowest BCUT2D eigenvalue weighted by Crippen LogP contribution is -2.42. The van der Waals surface area contributed by atoms with E-state index in [2.05, 4.69) is 15.4 Å². The van der Waals surface area contributed by atoms with Gasteiger partial charge in [-0.3, -0.25) is 9.59 Å². The molecule has 1 aliphatic rings. The van der Waals surface area contributed by atoms with Crippen molar-refractivity contribution in [3.63, 3.8) is 0 Å². The van der Waals surface area contributed by atoms with Crippen LogP contribution in [0, 0.1) is 12.7 Å². The van der Waals surface area contributed by atoms with E-state index in [1.807, 2.05) is 0 Å². The minimum Gasteiger partial charge on any atom is -0.382 e. The van der Waals surface area contributed by atoms with Crippen LogP contribution in [0.1, 0.15) is 31.8 Å². The molecule has 4 aromatic rings. The Morgan fingerprint density at radius 2 is 1.90 bits per heavy atom. The normalized spacial score (nSPS) is 17.4. The molecular formula is C26H20ClF5N6O2. The molecular weight excluding hydrogens is 559 g/mol. The summed E-state index contributed by atoms with van der Waals surface area (Å²) in [4.78, 5) is 30.7. The van der Waals surface area contributed by atoms with Crippen molar-refractivity contribution in [2.45, 2.75) is 25.3 Å². The smallest absolute Gasteiger partial charge is 0.382 e. The van der Waals surface area contributed by atoms with E-state index in [9.17, 15) is 31.5 Å². The minimum atomic E-state index is -4.75. The summed E-state index contributed by atoms with van der Waals surface area (Å²) in [6.45, 7) is 0.961. The number of nitrogen functional groups attached to an aromatic ring is 1. The lowest BCUT2D eigenvalue weighted by molar-refractivity contribution is -0.136. The number of halogens is 6. The van der Waals surface area contributed by atoms with Crippen LogP contribution in [0.4, 0.5) is 27.8 Å². The first kappa shape index (κ1) is 27.3. The Kier molecular flexibility index (Phi) is 6.86. The van der Waals surface area contributed by atoms with Crippen LogP contribution >= 0.6 is 11.6 Å². The highest BCUT2D eigenvalue weighted by Crippen LogP contribution is 2.39. The van der Waals surface area contributed by atoms with Gasteiger partial charge in [0.2, 0.25) is 0 Å². The summed E-state index contributed by atoms with van der Waals surface area (Å²) in [5.41, 5.74) is 4.60. The van der Waals surface area contributed by atoms with Gasteiger partial charge in [-0.2, -0.15) is 18.3 Å². The highest BCUT2D eigenvalue weighted by atomic mass is 35.5. The van der Waals surface area contributed by atoms with Crippen molar-refractivity contribution < 1.29 is 31.5 Å². The number of carbonyl (C=O) groups excluding carboxylic acids is 2. The minimum absolute atomic E-state index is 0.00764. The molecule has 1 fully saturated rings. The van der Waals surface area contributed by atoms with Gasteiger partial charge in [0.05, 0.1) is 34.4 Å². The first-order chi connectivity index (χ1) is 18.9. The van der Waals surface area contributed by atoms with Crippen molar-refractivity contribution in [3.8, 4) is 11.3 Å². The average molecular weight is 579 g/mol. The number of hydrogen-bond acceptors (Lipinski definition) is 5. The van der Waals surface area contributed by atoms with Crippen LogP contribution in [0.15, 0.2) is 48.8 Å².